The Bertz CT molecular complexity index is 1140. The minimum absolute atomic E-state index is 0.486. The van der Waals surface area contributed by atoms with E-state index in [0.29, 0.717) is 18.0 Å². The number of aromatic nitrogens is 2. The normalized spacial score (nSPS) is 11.4. The highest BCUT2D eigenvalue weighted by Gasteiger charge is 2.07. The summed E-state index contributed by atoms with van der Waals surface area (Å²) in [6, 6.07) is 25.6. The third kappa shape index (κ3) is 4.13. The van der Waals surface area contributed by atoms with Crippen LogP contribution < -0.4 is 4.74 Å². The monoisotopic (exact) mass is 429 g/mol. The summed E-state index contributed by atoms with van der Waals surface area (Å²) >= 11 is 3.43. The number of H-pyrrole nitrogens is 1. The van der Waals surface area contributed by atoms with Gasteiger partial charge in [-0.2, -0.15) is 5.26 Å². The lowest BCUT2D eigenvalue weighted by atomic mass is 10.1. The van der Waals surface area contributed by atoms with Crippen molar-refractivity contribution in [2.45, 2.75) is 6.61 Å². The predicted octanol–water partition coefficient (Wildman–Crippen LogP) is 5.97. The van der Waals surface area contributed by atoms with Gasteiger partial charge in [0.2, 0.25) is 0 Å². The van der Waals surface area contributed by atoms with Gasteiger partial charge in [0.15, 0.2) is 0 Å². The van der Waals surface area contributed by atoms with Crippen molar-refractivity contribution in [2.24, 2.45) is 0 Å². The minimum Gasteiger partial charge on any atom is -0.489 e. The maximum atomic E-state index is 9.54. The van der Waals surface area contributed by atoms with Crippen LogP contribution in [0, 0.1) is 11.3 Å². The maximum absolute atomic E-state index is 9.54. The van der Waals surface area contributed by atoms with Gasteiger partial charge in [-0.15, -0.1) is 0 Å². The van der Waals surface area contributed by atoms with E-state index in [2.05, 4.69) is 32.0 Å². The predicted molar refractivity (Wildman–Crippen MR) is 114 cm³/mol. The Hall–Kier alpha value is -3.36. The maximum Gasteiger partial charge on any atom is 0.149 e. The number of nitrogens with zero attached hydrogens (tertiary/aromatic N) is 2. The van der Waals surface area contributed by atoms with Crippen molar-refractivity contribution in [1.29, 1.82) is 5.26 Å². The van der Waals surface area contributed by atoms with E-state index in [9.17, 15) is 5.26 Å². The molecule has 0 aliphatic rings. The number of hydrogen-bond donors (Lipinski definition) is 1. The van der Waals surface area contributed by atoms with E-state index in [0.717, 1.165) is 32.4 Å². The van der Waals surface area contributed by atoms with Gasteiger partial charge in [-0.3, -0.25) is 0 Å². The molecule has 0 saturated carbocycles. The average Bonchev–Trinajstić information content (AvgIpc) is 3.16. The quantitative estimate of drug-likeness (QED) is 0.397. The number of aromatic amines is 1. The lowest BCUT2D eigenvalue weighted by molar-refractivity contribution is 0.306. The van der Waals surface area contributed by atoms with Gasteiger partial charge in [0, 0.05) is 4.47 Å². The van der Waals surface area contributed by atoms with Gasteiger partial charge < -0.3 is 9.72 Å². The first-order valence-corrected chi connectivity index (χ1v) is 9.55. The van der Waals surface area contributed by atoms with Crippen LogP contribution >= 0.6 is 15.9 Å². The molecule has 4 rings (SSSR count). The van der Waals surface area contributed by atoms with Gasteiger partial charge in [0.25, 0.3) is 0 Å². The molecule has 4 aromatic rings. The number of allylic oxidation sites excluding steroid dienone is 1. The summed E-state index contributed by atoms with van der Waals surface area (Å²) in [5, 5.41) is 9.54. The first-order valence-electron chi connectivity index (χ1n) is 8.75. The molecule has 0 aliphatic carbocycles. The summed E-state index contributed by atoms with van der Waals surface area (Å²) in [5.74, 6) is 1.35. The number of para-hydroxylation sites is 2. The highest BCUT2D eigenvalue weighted by Crippen LogP contribution is 2.21. The van der Waals surface area contributed by atoms with Crippen LogP contribution in [-0.2, 0) is 6.61 Å². The molecular weight excluding hydrogens is 414 g/mol. The van der Waals surface area contributed by atoms with Crippen molar-refractivity contribution in [3.05, 3.63) is 94.2 Å². The number of imidazole rings is 1. The topological polar surface area (TPSA) is 61.7 Å². The lowest BCUT2D eigenvalue weighted by Gasteiger charge is -2.07. The summed E-state index contributed by atoms with van der Waals surface area (Å²) in [4.78, 5) is 7.68. The second-order valence-electron chi connectivity index (χ2n) is 6.26. The Labute approximate surface area is 171 Å². The van der Waals surface area contributed by atoms with Crippen molar-refractivity contribution in [3.8, 4) is 11.8 Å². The van der Waals surface area contributed by atoms with Crippen LogP contribution in [0.1, 0.15) is 17.0 Å². The van der Waals surface area contributed by atoms with Crippen LogP contribution in [-0.4, -0.2) is 9.97 Å². The molecule has 1 heterocycles. The fourth-order valence-corrected chi connectivity index (χ4v) is 3.07. The van der Waals surface area contributed by atoms with Crippen LogP contribution in [0.25, 0.3) is 22.7 Å². The lowest BCUT2D eigenvalue weighted by Crippen LogP contribution is -1.95. The van der Waals surface area contributed by atoms with Crippen molar-refractivity contribution >= 4 is 38.6 Å². The van der Waals surface area contributed by atoms with Crippen LogP contribution in [0.2, 0.25) is 0 Å². The number of nitriles is 1. The van der Waals surface area contributed by atoms with Crippen LogP contribution in [0.4, 0.5) is 0 Å². The summed E-state index contributed by atoms with van der Waals surface area (Å²) in [6.07, 6.45) is 1.82. The number of ether oxygens (including phenoxy) is 1. The van der Waals surface area contributed by atoms with Gasteiger partial charge in [0.1, 0.15) is 24.3 Å². The molecule has 0 fully saturated rings. The van der Waals surface area contributed by atoms with Gasteiger partial charge in [-0.1, -0.05) is 52.3 Å². The zero-order valence-electron chi connectivity index (χ0n) is 14.9. The Balaban J connectivity index is 1.49. The molecule has 0 saturated heterocycles. The standard InChI is InChI=1S/C23H16BrN3O/c24-19-9-5-17(6-10-19)15-28-20-11-7-16(8-12-20)13-18(14-25)23-26-21-3-1-2-4-22(21)27-23/h1-13H,15H2,(H,26,27). The molecule has 1 aromatic heterocycles. The van der Waals surface area contributed by atoms with E-state index in [1.54, 1.807) is 0 Å². The number of hydrogen-bond acceptors (Lipinski definition) is 3. The molecule has 0 spiro atoms. The first kappa shape index (κ1) is 18.0. The molecule has 3 aromatic carbocycles. The van der Waals surface area contributed by atoms with Crippen LogP contribution in [0.5, 0.6) is 5.75 Å². The largest absolute Gasteiger partial charge is 0.489 e. The van der Waals surface area contributed by atoms with Crippen LogP contribution in [0.3, 0.4) is 0 Å². The second kappa shape index (κ2) is 8.12. The van der Waals surface area contributed by atoms with E-state index in [1.807, 2.05) is 78.9 Å². The summed E-state index contributed by atoms with van der Waals surface area (Å²) < 4.78 is 6.87. The zero-order valence-corrected chi connectivity index (χ0v) is 16.5. The molecule has 4 nitrogen and oxygen atoms in total. The second-order valence-corrected chi connectivity index (χ2v) is 7.17. The fourth-order valence-electron chi connectivity index (χ4n) is 2.81. The van der Waals surface area contributed by atoms with E-state index in [4.69, 9.17) is 4.74 Å². The fraction of sp³-hybridized carbons (Fsp3) is 0.0435. The number of benzene rings is 3. The Morgan fingerprint density at radius 3 is 2.50 bits per heavy atom. The Morgan fingerprint density at radius 2 is 1.79 bits per heavy atom. The highest BCUT2D eigenvalue weighted by molar-refractivity contribution is 9.10. The molecular formula is C23H16BrN3O. The third-order valence-corrected chi connectivity index (χ3v) is 4.80. The first-order chi connectivity index (χ1) is 13.7. The molecule has 28 heavy (non-hydrogen) atoms. The van der Waals surface area contributed by atoms with E-state index in [-0.39, 0.29) is 0 Å². The third-order valence-electron chi connectivity index (χ3n) is 4.27. The molecule has 1 N–H and O–H groups in total. The number of rotatable bonds is 5. The molecule has 136 valence electrons. The number of nitrogens with one attached hydrogen (secondary N) is 1. The number of fused-ring (bicyclic) bond motifs is 1. The molecule has 0 bridgehead atoms. The van der Waals surface area contributed by atoms with E-state index < -0.39 is 0 Å². The van der Waals surface area contributed by atoms with Crippen molar-refractivity contribution in [1.82, 2.24) is 9.97 Å². The van der Waals surface area contributed by atoms with Crippen molar-refractivity contribution < 1.29 is 4.74 Å². The Kier molecular flexibility index (Phi) is 5.22. The molecule has 0 amide bonds. The smallest absolute Gasteiger partial charge is 0.149 e. The van der Waals surface area contributed by atoms with Crippen LogP contribution in [0.15, 0.2) is 77.3 Å². The van der Waals surface area contributed by atoms with Gasteiger partial charge in [0.05, 0.1) is 16.6 Å². The molecule has 0 radical (unpaired) electrons. The molecule has 5 heteroatoms. The molecule has 0 unspecified atom stereocenters. The molecule has 0 aliphatic heterocycles. The van der Waals surface area contributed by atoms with Gasteiger partial charge >= 0.3 is 0 Å². The van der Waals surface area contributed by atoms with E-state index >= 15 is 0 Å². The van der Waals surface area contributed by atoms with Crippen molar-refractivity contribution in [3.63, 3.8) is 0 Å². The molecule has 0 atom stereocenters. The average molecular weight is 430 g/mol. The summed E-state index contributed by atoms with van der Waals surface area (Å²) in [7, 11) is 0. The minimum atomic E-state index is 0.486. The highest BCUT2D eigenvalue weighted by atomic mass is 79.9. The zero-order chi connectivity index (χ0) is 19.3. The van der Waals surface area contributed by atoms with Crippen molar-refractivity contribution in [2.75, 3.05) is 0 Å². The Morgan fingerprint density at radius 1 is 1.04 bits per heavy atom. The summed E-state index contributed by atoms with van der Waals surface area (Å²) in [6.45, 7) is 0.505. The van der Waals surface area contributed by atoms with Gasteiger partial charge in [-0.25, -0.2) is 4.98 Å². The van der Waals surface area contributed by atoms with Gasteiger partial charge in [-0.05, 0) is 53.6 Å². The number of halogens is 1. The van der Waals surface area contributed by atoms with E-state index in [1.165, 1.54) is 0 Å². The summed E-state index contributed by atoms with van der Waals surface area (Å²) in [5.41, 5.74) is 4.25. The SMILES string of the molecule is N#CC(=Cc1ccc(OCc2ccc(Br)cc2)cc1)c1nc2ccccc2[nH]1.